The van der Waals surface area contributed by atoms with Crippen LogP contribution in [0.2, 0.25) is 10.0 Å². The predicted octanol–water partition coefficient (Wildman–Crippen LogP) is 4.56. The van der Waals surface area contributed by atoms with E-state index in [-0.39, 0.29) is 0 Å². The van der Waals surface area contributed by atoms with Gasteiger partial charge >= 0.3 is 0 Å². The van der Waals surface area contributed by atoms with E-state index in [1.165, 1.54) is 17.5 Å². The lowest BCUT2D eigenvalue weighted by molar-refractivity contribution is 0.220. The first-order valence-electron chi connectivity index (χ1n) is 6.40. The average Bonchev–Trinajstić information content (AvgIpc) is 2.85. The molecule has 19 heavy (non-hydrogen) atoms. The van der Waals surface area contributed by atoms with E-state index in [1.807, 2.05) is 6.07 Å². The summed E-state index contributed by atoms with van der Waals surface area (Å²) in [5, 5.41) is 11.5. The van der Waals surface area contributed by atoms with Crippen molar-refractivity contribution in [2.45, 2.75) is 25.4 Å². The molecule has 0 saturated carbocycles. The normalized spacial score (nSPS) is 15.3. The molecule has 1 N–H and O–H groups in total. The highest BCUT2D eigenvalue weighted by atomic mass is 35.5. The van der Waals surface area contributed by atoms with Gasteiger partial charge in [-0.1, -0.05) is 47.5 Å². The van der Waals surface area contributed by atoms with Crippen molar-refractivity contribution in [1.29, 1.82) is 0 Å². The number of hydrogen-bond donors (Lipinski definition) is 1. The van der Waals surface area contributed by atoms with E-state index in [0.717, 1.165) is 18.4 Å². The zero-order valence-corrected chi connectivity index (χ0v) is 11.9. The molecule has 0 aliphatic heterocycles. The van der Waals surface area contributed by atoms with E-state index in [1.54, 1.807) is 18.2 Å². The lowest BCUT2D eigenvalue weighted by Crippen LogP contribution is -2.02. The van der Waals surface area contributed by atoms with Crippen molar-refractivity contribution in [3.8, 4) is 0 Å². The van der Waals surface area contributed by atoms with E-state index < -0.39 is 6.10 Å². The first-order chi connectivity index (χ1) is 9.16. The molecule has 0 bridgehead atoms. The van der Waals surface area contributed by atoms with Gasteiger partial charge in [0, 0.05) is 15.6 Å². The number of aliphatic hydroxyl groups is 1. The zero-order chi connectivity index (χ0) is 13.4. The molecule has 2 aromatic rings. The van der Waals surface area contributed by atoms with Gasteiger partial charge in [-0.2, -0.15) is 0 Å². The van der Waals surface area contributed by atoms with Crippen LogP contribution in [0, 0.1) is 0 Å². The van der Waals surface area contributed by atoms with Crippen LogP contribution in [0.3, 0.4) is 0 Å². The van der Waals surface area contributed by atoms with E-state index in [0.29, 0.717) is 15.6 Å². The molecule has 0 aromatic heterocycles. The lowest BCUT2D eigenvalue weighted by atomic mass is 9.98. The molecule has 0 fully saturated rings. The molecule has 3 rings (SSSR count). The van der Waals surface area contributed by atoms with Gasteiger partial charge < -0.3 is 5.11 Å². The third kappa shape index (κ3) is 2.38. The fourth-order valence-electron chi connectivity index (χ4n) is 2.70. The van der Waals surface area contributed by atoms with Crippen molar-refractivity contribution in [2.75, 3.05) is 0 Å². The van der Waals surface area contributed by atoms with Gasteiger partial charge in [0.1, 0.15) is 6.10 Å². The first-order valence-corrected chi connectivity index (χ1v) is 7.16. The van der Waals surface area contributed by atoms with Crippen molar-refractivity contribution in [3.05, 3.63) is 68.7 Å². The quantitative estimate of drug-likeness (QED) is 0.860. The summed E-state index contributed by atoms with van der Waals surface area (Å²) < 4.78 is 0. The van der Waals surface area contributed by atoms with E-state index in [4.69, 9.17) is 23.2 Å². The minimum Gasteiger partial charge on any atom is -0.384 e. The van der Waals surface area contributed by atoms with Crippen LogP contribution in [0.4, 0.5) is 0 Å². The number of hydrogen-bond acceptors (Lipinski definition) is 1. The zero-order valence-electron chi connectivity index (χ0n) is 10.4. The molecule has 1 aliphatic rings. The number of aliphatic hydroxyl groups excluding tert-OH is 1. The maximum Gasteiger partial charge on any atom is 0.107 e. The van der Waals surface area contributed by atoms with Crippen molar-refractivity contribution in [3.63, 3.8) is 0 Å². The molecule has 0 spiro atoms. The minimum absolute atomic E-state index is 0.500. The fraction of sp³-hybridized carbons (Fsp3) is 0.250. The van der Waals surface area contributed by atoms with Gasteiger partial charge in [0.05, 0.1) is 0 Å². The summed E-state index contributed by atoms with van der Waals surface area (Å²) in [5.41, 5.74) is 4.17. The van der Waals surface area contributed by atoms with Crippen molar-refractivity contribution in [2.24, 2.45) is 0 Å². The Bertz CT molecular complexity index is 602. The smallest absolute Gasteiger partial charge is 0.107 e. The Morgan fingerprint density at radius 3 is 2.37 bits per heavy atom. The highest BCUT2D eigenvalue weighted by molar-refractivity contribution is 6.36. The lowest BCUT2D eigenvalue weighted by Gasteiger charge is -2.16. The maximum absolute atomic E-state index is 10.5. The summed E-state index contributed by atoms with van der Waals surface area (Å²) in [6, 6.07) is 11.4. The van der Waals surface area contributed by atoms with Crippen LogP contribution in [0.5, 0.6) is 0 Å². The second-order valence-corrected chi connectivity index (χ2v) is 5.73. The van der Waals surface area contributed by atoms with Gasteiger partial charge in [-0.3, -0.25) is 0 Å². The monoisotopic (exact) mass is 292 g/mol. The standard InChI is InChI=1S/C16H14Cl2O/c17-13-5-2-6-14(18)15(13)16(19)12-8-7-10-3-1-4-11(10)9-12/h2,5-9,16,19H,1,3-4H2. The molecule has 2 aromatic carbocycles. The largest absolute Gasteiger partial charge is 0.384 e. The molecular formula is C16H14Cl2O. The fourth-order valence-corrected chi connectivity index (χ4v) is 3.30. The Morgan fingerprint density at radius 1 is 0.947 bits per heavy atom. The van der Waals surface area contributed by atoms with Crippen LogP contribution >= 0.6 is 23.2 Å². The molecule has 0 amide bonds. The summed E-state index contributed by atoms with van der Waals surface area (Å²) in [7, 11) is 0. The number of aryl methyl sites for hydroxylation is 2. The number of benzene rings is 2. The molecule has 0 saturated heterocycles. The molecule has 3 heteroatoms. The van der Waals surface area contributed by atoms with Crippen molar-refractivity contribution in [1.82, 2.24) is 0 Å². The van der Waals surface area contributed by atoms with Gasteiger partial charge in [-0.15, -0.1) is 0 Å². The Balaban J connectivity index is 2.02. The van der Waals surface area contributed by atoms with Crippen molar-refractivity contribution >= 4 is 23.2 Å². The molecule has 0 heterocycles. The van der Waals surface area contributed by atoms with Crippen LogP contribution in [0.15, 0.2) is 36.4 Å². The van der Waals surface area contributed by atoms with Gasteiger partial charge in [0.15, 0.2) is 0 Å². The average molecular weight is 293 g/mol. The number of halogens is 2. The van der Waals surface area contributed by atoms with Gasteiger partial charge in [-0.25, -0.2) is 0 Å². The van der Waals surface area contributed by atoms with Crippen LogP contribution < -0.4 is 0 Å². The SMILES string of the molecule is OC(c1ccc2c(c1)CCC2)c1c(Cl)cccc1Cl. The molecule has 1 unspecified atom stereocenters. The van der Waals surface area contributed by atoms with E-state index >= 15 is 0 Å². The minimum atomic E-state index is -0.771. The Kier molecular flexibility index (Phi) is 3.53. The third-order valence-corrected chi connectivity index (χ3v) is 4.37. The molecule has 1 atom stereocenters. The summed E-state index contributed by atoms with van der Waals surface area (Å²) >= 11 is 12.3. The summed E-state index contributed by atoms with van der Waals surface area (Å²) in [5.74, 6) is 0. The van der Waals surface area contributed by atoms with Crippen LogP contribution in [-0.2, 0) is 12.8 Å². The Labute approximate surface area is 122 Å². The van der Waals surface area contributed by atoms with Crippen molar-refractivity contribution < 1.29 is 5.11 Å². The molecule has 98 valence electrons. The second-order valence-electron chi connectivity index (χ2n) is 4.92. The molecule has 0 radical (unpaired) electrons. The van der Waals surface area contributed by atoms with Gasteiger partial charge in [0.2, 0.25) is 0 Å². The van der Waals surface area contributed by atoms with E-state index in [2.05, 4.69) is 12.1 Å². The Morgan fingerprint density at radius 2 is 1.63 bits per heavy atom. The topological polar surface area (TPSA) is 20.2 Å². The van der Waals surface area contributed by atoms with E-state index in [9.17, 15) is 5.11 Å². The van der Waals surface area contributed by atoms with Gasteiger partial charge in [0.25, 0.3) is 0 Å². The number of fused-ring (bicyclic) bond motifs is 1. The molecule has 1 nitrogen and oxygen atoms in total. The second kappa shape index (κ2) is 5.16. The predicted molar refractivity (Wildman–Crippen MR) is 79.0 cm³/mol. The van der Waals surface area contributed by atoms with Crippen LogP contribution in [0.1, 0.15) is 34.8 Å². The number of rotatable bonds is 2. The molecular weight excluding hydrogens is 279 g/mol. The summed E-state index contributed by atoms with van der Waals surface area (Å²) in [6.07, 6.45) is 2.65. The summed E-state index contributed by atoms with van der Waals surface area (Å²) in [4.78, 5) is 0. The first kappa shape index (κ1) is 13.0. The highest BCUT2D eigenvalue weighted by Crippen LogP contribution is 2.35. The summed E-state index contributed by atoms with van der Waals surface area (Å²) in [6.45, 7) is 0. The molecule has 1 aliphatic carbocycles. The van der Waals surface area contributed by atoms with Crippen LogP contribution in [0.25, 0.3) is 0 Å². The Hall–Kier alpha value is -1.02. The van der Waals surface area contributed by atoms with Crippen LogP contribution in [-0.4, -0.2) is 5.11 Å². The maximum atomic E-state index is 10.5. The highest BCUT2D eigenvalue weighted by Gasteiger charge is 2.19. The third-order valence-electron chi connectivity index (χ3n) is 3.71. The van der Waals surface area contributed by atoms with Gasteiger partial charge in [-0.05, 0) is 48.1 Å².